The molecule has 0 spiro atoms. The Morgan fingerprint density at radius 2 is 2.19 bits per heavy atom. The molecule has 0 aliphatic carbocycles. The van der Waals surface area contributed by atoms with E-state index in [4.69, 9.17) is 21.2 Å². The molecule has 0 saturated carbocycles. The second kappa shape index (κ2) is 5.32. The van der Waals surface area contributed by atoms with E-state index in [0.717, 1.165) is 11.3 Å². The van der Waals surface area contributed by atoms with Crippen molar-refractivity contribution < 1.29 is 9.57 Å². The third-order valence-electron chi connectivity index (χ3n) is 2.39. The molecular formula is C12H14ClNO2. The summed E-state index contributed by atoms with van der Waals surface area (Å²) in [6.45, 7) is 2.52. The fraction of sp³-hybridized carbons (Fsp3) is 0.417. The van der Waals surface area contributed by atoms with E-state index in [2.05, 4.69) is 5.16 Å². The fourth-order valence-corrected chi connectivity index (χ4v) is 1.93. The molecule has 2 atom stereocenters. The van der Waals surface area contributed by atoms with Gasteiger partial charge in [-0.3, -0.25) is 0 Å². The van der Waals surface area contributed by atoms with Crippen LogP contribution >= 0.6 is 11.6 Å². The maximum atomic E-state index is 6.26. The highest BCUT2D eigenvalue weighted by Crippen LogP contribution is 2.21. The number of rotatable bonds is 3. The van der Waals surface area contributed by atoms with E-state index in [9.17, 15) is 0 Å². The third kappa shape index (κ3) is 2.54. The van der Waals surface area contributed by atoms with Gasteiger partial charge in [0.1, 0.15) is 5.71 Å². The van der Waals surface area contributed by atoms with Crippen LogP contribution in [-0.2, 0) is 9.57 Å². The summed E-state index contributed by atoms with van der Waals surface area (Å²) in [6, 6.07) is 9.81. The molecule has 0 amide bonds. The lowest BCUT2D eigenvalue weighted by molar-refractivity contribution is -0.146. The predicted octanol–water partition coefficient (Wildman–Crippen LogP) is 2.78. The normalized spacial score (nSPS) is 24.8. The van der Waals surface area contributed by atoms with Crippen molar-refractivity contribution >= 4 is 17.3 Å². The molecule has 0 aromatic heterocycles. The first-order chi connectivity index (χ1) is 7.81. The van der Waals surface area contributed by atoms with Crippen molar-refractivity contribution in [3.05, 3.63) is 35.9 Å². The monoisotopic (exact) mass is 239 g/mol. The van der Waals surface area contributed by atoms with Crippen LogP contribution in [0, 0.1) is 0 Å². The molecule has 2 rings (SSSR count). The Hall–Kier alpha value is -1.06. The zero-order valence-corrected chi connectivity index (χ0v) is 9.85. The molecule has 0 fully saturated rings. The lowest BCUT2D eigenvalue weighted by Gasteiger charge is -2.24. The molecule has 1 aromatic rings. The van der Waals surface area contributed by atoms with Crippen LogP contribution in [-0.4, -0.2) is 24.0 Å². The smallest absolute Gasteiger partial charge is 0.228 e. The van der Waals surface area contributed by atoms with Crippen molar-refractivity contribution in [2.45, 2.75) is 25.0 Å². The van der Waals surface area contributed by atoms with Gasteiger partial charge in [0, 0.05) is 18.6 Å². The molecule has 4 heteroatoms. The van der Waals surface area contributed by atoms with Crippen molar-refractivity contribution in [1.82, 2.24) is 0 Å². The number of hydrogen-bond donors (Lipinski definition) is 0. The summed E-state index contributed by atoms with van der Waals surface area (Å²) in [7, 11) is 0. The summed E-state index contributed by atoms with van der Waals surface area (Å²) in [5.74, 6) is 0. The largest absolute Gasteiger partial charge is 0.363 e. The minimum atomic E-state index is -0.319. The maximum Gasteiger partial charge on any atom is 0.228 e. The topological polar surface area (TPSA) is 30.8 Å². The zero-order chi connectivity index (χ0) is 11.4. The minimum absolute atomic E-state index is 0.160. The molecule has 3 nitrogen and oxygen atoms in total. The van der Waals surface area contributed by atoms with Crippen LogP contribution < -0.4 is 0 Å². The first kappa shape index (κ1) is 11.4. The summed E-state index contributed by atoms with van der Waals surface area (Å²) < 4.78 is 5.32. The Kier molecular flexibility index (Phi) is 3.80. The SMILES string of the molecule is CCO[C@H]1C[C@H](Cl)C(c2ccccc2)=NO1. The second-order valence-corrected chi connectivity index (χ2v) is 4.06. The second-order valence-electron chi connectivity index (χ2n) is 3.54. The third-order valence-corrected chi connectivity index (χ3v) is 2.77. The molecule has 0 saturated heterocycles. The van der Waals surface area contributed by atoms with Gasteiger partial charge in [-0.25, -0.2) is 0 Å². The van der Waals surface area contributed by atoms with Gasteiger partial charge in [0.2, 0.25) is 6.29 Å². The van der Waals surface area contributed by atoms with Crippen molar-refractivity contribution in [2.24, 2.45) is 5.16 Å². The van der Waals surface area contributed by atoms with Crippen molar-refractivity contribution in [2.75, 3.05) is 6.61 Å². The molecule has 0 bridgehead atoms. The van der Waals surface area contributed by atoms with Crippen LogP contribution in [0.25, 0.3) is 0 Å². The molecular weight excluding hydrogens is 226 g/mol. The number of hydrogen-bond acceptors (Lipinski definition) is 3. The molecule has 1 aromatic carbocycles. The van der Waals surface area contributed by atoms with Gasteiger partial charge in [-0.05, 0) is 6.92 Å². The number of alkyl halides is 1. The first-order valence-electron chi connectivity index (χ1n) is 5.36. The van der Waals surface area contributed by atoms with E-state index < -0.39 is 0 Å². The van der Waals surface area contributed by atoms with E-state index in [-0.39, 0.29) is 11.7 Å². The van der Waals surface area contributed by atoms with E-state index >= 15 is 0 Å². The van der Waals surface area contributed by atoms with Gasteiger partial charge < -0.3 is 9.57 Å². The minimum Gasteiger partial charge on any atom is -0.363 e. The molecule has 1 aliphatic heterocycles. The maximum absolute atomic E-state index is 6.26. The number of nitrogens with zero attached hydrogens (tertiary/aromatic N) is 1. The molecule has 86 valence electrons. The van der Waals surface area contributed by atoms with Crippen LogP contribution in [0.3, 0.4) is 0 Å². The zero-order valence-electron chi connectivity index (χ0n) is 9.10. The van der Waals surface area contributed by atoms with Gasteiger partial charge in [-0.15, -0.1) is 11.6 Å². The highest BCUT2D eigenvalue weighted by molar-refractivity contribution is 6.35. The molecule has 1 aliphatic rings. The molecule has 16 heavy (non-hydrogen) atoms. The summed E-state index contributed by atoms with van der Waals surface area (Å²) in [5.41, 5.74) is 1.77. The van der Waals surface area contributed by atoms with Gasteiger partial charge in [-0.2, -0.15) is 0 Å². The van der Waals surface area contributed by atoms with Crippen molar-refractivity contribution in [3.63, 3.8) is 0 Å². The molecule has 0 unspecified atom stereocenters. The van der Waals surface area contributed by atoms with Gasteiger partial charge >= 0.3 is 0 Å². The average molecular weight is 240 g/mol. The lowest BCUT2D eigenvalue weighted by Crippen LogP contribution is -2.30. The van der Waals surface area contributed by atoms with Gasteiger partial charge in [0.15, 0.2) is 0 Å². The van der Waals surface area contributed by atoms with Crippen LogP contribution in [0.15, 0.2) is 35.5 Å². The molecule has 0 N–H and O–H groups in total. The average Bonchev–Trinajstić information content (AvgIpc) is 2.31. The van der Waals surface area contributed by atoms with Gasteiger partial charge in [-0.1, -0.05) is 35.5 Å². The summed E-state index contributed by atoms with van der Waals surface area (Å²) in [5, 5.41) is 3.88. The number of benzene rings is 1. The van der Waals surface area contributed by atoms with Gasteiger partial charge in [0.25, 0.3) is 0 Å². The van der Waals surface area contributed by atoms with Crippen LogP contribution in [0.4, 0.5) is 0 Å². The Labute approximate surface area is 100.0 Å². The van der Waals surface area contributed by atoms with E-state index in [1.54, 1.807) is 0 Å². The van der Waals surface area contributed by atoms with Gasteiger partial charge in [0.05, 0.1) is 5.38 Å². The number of oxime groups is 1. The lowest BCUT2D eigenvalue weighted by atomic mass is 10.0. The molecule has 0 radical (unpaired) electrons. The summed E-state index contributed by atoms with van der Waals surface area (Å²) in [6.07, 6.45) is 0.309. The fourth-order valence-electron chi connectivity index (χ4n) is 1.62. The number of ether oxygens (including phenoxy) is 1. The van der Waals surface area contributed by atoms with Crippen molar-refractivity contribution in [3.8, 4) is 0 Å². The highest BCUT2D eigenvalue weighted by atomic mass is 35.5. The quantitative estimate of drug-likeness (QED) is 0.760. The van der Waals surface area contributed by atoms with E-state index in [1.807, 2.05) is 37.3 Å². The first-order valence-corrected chi connectivity index (χ1v) is 5.79. The standard InChI is InChI=1S/C12H14ClNO2/c1-2-15-11-8-10(13)12(14-16-11)9-6-4-3-5-7-9/h3-7,10-11H,2,8H2,1H3/t10-,11+/m0/s1. The Balaban J connectivity index is 2.12. The van der Waals surface area contributed by atoms with Crippen LogP contribution in [0.2, 0.25) is 0 Å². The van der Waals surface area contributed by atoms with Crippen LogP contribution in [0.1, 0.15) is 18.9 Å². The Morgan fingerprint density at radius 3 is 2.81 bits per heavy atom. The Morgan fingerprint density at radius 1 is 1.44 bits per heavy atom. The van der Waals surface area contributed by atoms with E-state index in [0.29, 0.717) is 13.0 Å². The van der Waals surface area contributed by atoms with Crippen LogP contribution in [0.5, 0.6) is 0 Å². The highest BCUT2D eigenvalue weighted by Gasteiger charge is 2.27. The van der Waals surface area contributed by atoms with E-state index in [1.165, 1.54) is 0 Å². The van der Waals surface area contributed by atoms with Crippen molar-refractivity contribution in [1.29, 1.82) is 0 Å². The Bertz CT molecular complexity index is 367. The molecule has 1 heterocycles. The summed E-state index contributed by atoms with van der Waals surface area (Å²) >= 11 is 6.26. The predicted molar refractivity (Wildman–Crippen MR) is 63.7 cm³/mol. The summed E-state index contributed by atoms with van der Waals surface area (Å²) in [4.78, 5) is 5.24. The number of halogens is 1.